The van der Waals surface area contributed by atoms with E-state index >= 15 is 0 Å². The Balaban J connectivity index is 2.93. The molecule has 0 spiro atoms. The smallest absolute Gasteiger partial charge is 0.141 e. The predicted octanol–water partition coefficient (Wildman–Crippen LogP) is 3.49. The normalized spacial score (nSPS) is 10.9. The molecule has 12 heavy (non-hydrogen) atoms. The summed E-state index contributed by atoms with van der Waals surface area (Å²) < 4.78 is 26.5. The third-order valence-corrected chi connectivity index (χ3v) is 2.76. The SMILES string of the molecule is Cc1cc2c(F)ccc(F)c2s1. The van der Waals surface area contributed by atoms with E-state index < -0.39 is 0 Å². The van der Waals surface area contributed by atoms with Crippen LogP contribution in [-0.4, -0.2) is 0 Å². The van der Waals surface area contributed by atoms with Gasteiger partial charge in [-0.1, -0.05) is 0 Å². The van der Waals surface area contributed by atoms with Crippen LogP contribution in [0.3, 0.4) is 0 Å². The molecule has 0 unspecified atom stereocenters. The molecule has 2 rings (SSSR count). The first-order valence-electron chi connectivity index (χ1n) is 3.52. The highest BCUT2D eigenvalue weighted by molar-refractivity contribution is 7.19. The highest BCUT2D eigenvalue weighted by Crippen LogP contribution is 2.29. The molecule has 0 fully saturated rings. The van der Waals surface area contributed by atoms with Crippen molar-refractivity contribution in [2.45, 2.75) is 6.92 Å². The topological polar surface area (TPSA) is 0 Å². The minimum absolute atomic E-state index is 0.343. The number of thiophene rings is 1. The summed E-state index contributed by atoms with van der Waals surface area (Å²) in [7, 11) is 0. The van der Waals surface area contributed by atoms with Gasteiger partial charge in [-0.2, -0.15) is 0 Å². The fourth-order valence-electron chi connectivity index (χ4n) is 1.18. The fraction of sp³-hybridized carbons (Fsp3) is 0.111. The molecule has 0 saturated heterocycles. The summed E-state index contributed by atoms with van der Waals surface area (Å²) in [6, 6.07) is 3.98. The van der Waals surface area contributed by atoms with Crippen molar-refractivity contribution in [3.63, 3.8) is 0 Å². The zero-order chi connectivity index (χ0) is 8.72. The highest BCUT2D eigenvalue weighted by atomic mass is 32.1. The van der Waals surface area contributed by atoms with Gasteiger partial charge in [0.2, 0.25) is 0 Å². The lowest BCUT2D eigenvalue weighted by Crippen LogP contribution is -1.77. The summed E-state index contributed by atoms with van der Waals surface area (Å²) >= 11 is 1.28. The molecule has 0 bridgehead atoms. The number of benzene rings is 1. The summed E-state index contributed by atoms with van der Waals surface area (Å²) in [6.45, 7) is 1.84. The Kier molecular flexibility index (Phi) is 1.61. The maximum atomic E-state index is 13.0. The zero-order valence-corrected chi connectivity index (χ0v) is 7.21. The largest absolute Gasteiger partial charge is 0.206 e. The van der Waals surface area contributed by atoms with Crippen LogP contribution in [-0.2, 0) is 0 Å². The molecule has 0 nitrogen and oxygen atoms in total. The molecule has 62 valence electrons. The van der Waals surface area contributed by atoms with Gasteiger partial charge < -0.3 is 0 Å². The molecule has 0 radical (unpaired) electrons. The molecule has 0 saturated carbocycles. The Bertz CT molecular complexity index is 392. The van der Waals surface area contributed by atoms with Crippen LogP contribution in [0.15, 0.2) is 18.2 Å². The van der Waals surface area contributed by atoms with Crippen molar-refractivity contribution < 1.29 is 8.78 Å². The van der Waals surface area contributed by atoms with E-state index in [0.29, 0.717) is 10.1 Å². The van der Waals surface area contributed by atoms with Gasteiger partial charge >= 0.3 is 0 Å². The van der Waals surface area contributed by atoms with Crippen molar-refractivity contribution in [3.05, 3.63) is 34.7 Å². The quantitative estimate of drug-likeness (QED) is 0.588. The number of aryl methyl sites for hydroxylation is 1. The lowest BCUT2D eigenvalue weighted by atomic mass is 10.2. The average Bonchev–Trinajstić information content (AvgIpc) is 2.41. The van der Waals surface area contributed by atoms with E-state index in [9.17, 15) is 8.78 Å². The van der Waals surface area contributed by atoms with Gasteiger partial charge in [0.1, 0.15) is 11.6 Å². The van der Waals surface area contributed by atoms with Crippen molar-refractivity contribution in [1.29, 1.82) is 0 Å². The highest BCUT2D eigenvalue weighted by Gasteiger charge is 2.07. The first kappa shape index (κ1) is 7.68. The van der Waals surface area contributed by atoms with Gasteiger partial charge in [0.15, 0.2) is 0 Å². The molecular weight excluding hydrogens is 178 g/mol. The molecule has 3 heteroatoms. The Hall–Kier alpha value is -0.960. The molecule has 1 heterocycles. The second-order valence-corrected chi connectivity index (χ2v) is 3.89. The maximum absolute atomic E-state index is 13.0. The first-order valence-corrected chi connectivity index (χ1v) is 4.34. The van der Waals surface area contributed by atoms with E-state index in [1.807, 2.05) is 6.92 Å². The Labute approximate surface area is 72.4 Å². The Morgan fingerprint density at radius 2 is 1.83 bits per heavy atom. The number of halogens is 2. The van der Waals surface area contributed by atoms with Crippen molar-refractivity contribution in [2.24, 2.45) is 0 Å². The predicted molar refractivity (Wildman–Crippen MR) is 46.5 cm³/mol. The first-order chi connectivity index (χ1) is 5.68. The lowest BCUT2D eigenvalue weighted by molar-refractivity contribution is 0.619. The maximum Gasteiger partial charge on any atom is 0.141 e. The number of hydrogen-bond donors (Lipinski definition) is 0. The van der Waals surface area contributed by atoms with Gasteiger partial charge in [-0.3, -0.25) is 0 Å². The third-order valence-electron chi connectivity index (χ3n) is 1.71. The van der Waals surface area contributed by atoms with Crippen LogP contribution in [0.4, 0.5) is 8.78 Å². The minimum Gasteiger partial charge on any atom is -0.206 e. The monoisotopic (exact) mass is 184 g/mol. The van der Waals surface area contributed by atoms with Crippen LogP contribution < -0.4 is 0 Å². The van der Waals surface area contributed by atoms with Crippen molar-refractivity contribution in [1.82, 2.24) is 0 Å². The number of hydrogen-bond acceptors (Lipinski definition) is 1. The van der Waals surface area contributed by atoms with Crippen LogP contribution in [0.2, 0.25) is 0 Å². The zero-order valence-electron chi connectivity index (χ0n) is 6.40. The van der Waals surface area contributed by atoms with Crippen molar-refractivity contribution >= 4 is 21.4 Å². The summed E-state index contributed by atoms with van der Waals surface area (Å²) in [5, 5.41) is 0.387. The summed E-state index contributed by atoms with van der Waals surface area (Å²) in [5.74, 6) is -0.694. The second kappa shape index (κ2) is 2.52. The van der Waals surface area contributed by atoms with E-state index in [1.165, 1.54) is 11.3 Å². The number of rotatable bonds is 0. The standard InChI is InChI=1S/C9H6F2S/c1-5-4-6-7(10)2-3-8(11)9(6)12-5/h2-4H,1H3. The lowest BCUT2D eigenvalue weighted by Gasteiger charge is -1.91. The van der Waals surface area contributed by atoms with E-state index in [4.69, 9.17) is 0 Å². The number of fused-ring (bicyclic) bond motifs is 1. The third kappa shape index (κ3) is 1.01. The Morgan fingerprint density at radius 3 is 2.50 bits per heavy atom. The molecule has 0 amide bonds. The minimum atomic E-state index is -0.351. The van der Waals surface area contributed by atoms with E-state index in [1.54, 1.807) is 6.07 Å². The summed E-state index contributed by atoms with van der Waals surface area (Å²) in [5.41, 5.74) is 0. The van der Waals surface area contributed by atoms with Crippen LogP contribution in [0, 0.1) is 18.6 Å². The summed E-state index contributed by atoms with van der Waals surface area (Å²) in [4.78, 5) is 0.925. The Morgan fingerprint density at radius 1 is 1.17 bits per heavy atom. The molecule has 2 aromatic rings. The van der Waals surface area contributed by atoms with Gasteiger partial charge in [-0.25, -0.2) is 8.78 Å². The molecule has 0 aliphatic rings. The molecule has 1 aromatic heterocycles. The van der Waals surface area contributed by atoms with Crippen LogP contribution in [0.1, 0.15) is 4.88 Å². The second-order valence-electron chi connectivity index (χ2n) is 2.63. The van der Waals surface area contributed by atoms with Crippen LogP contribution in [0.25, 0.3) is 10.1 Å². The molecule has 0 aliphatic carbocycles. The van der Waals surface area contributed by atoms with Gasteiger partial charge in [0.05, 0.1) is 4.70 Å². The molecule has 1 aromatic carbocycles. The molecule has 0 N–H and O–H groups in total. The van der Waals surface area contributed by atoms with Gasteiger partial charge in [-0.05, 0) is 25.1 Å². The summed E-state index contributed by atoms with van der Waals surface area (Å²) in [6.07, 6.45) is 0. The van der Waals surface area contributed by atoms with Gasteiger partial charge in [-0.15, -0.1) is 11.3 Å². The molecule has 0 aliphatic heterocycles. The van der Waals surface area contributed by atoms with E-state index in [2.05, 4.69) is 0 Å². The van der Waals surface area contributed by atoms with Crippen molar-refractivity contribution in [2.75, 3.05) is 0 Å². The average molecular weight is 184 g/mol. The van der Waals surface area contributed by atoms with E-state index in [-0.39, 0.29) is 11.6 Å². The molecular formula is C9H6F2S. The van der Waals surface area contributed by atoms with Gasteiger partial charge in [0.25, 0.3) is 0 Å². The van der Waals surface area contributed by atoms with Crippen molar-refractivity contribution in [3.8, 4) is 0 Å². The fourth-order valence-corrected chi connectivity index (χ4v) is 2.11. The molecule has 0 atom stereocenters. The van der Waals surface area contributed by atoms with Crippen LogP contribution >= 0.6 is 11.3 Å². The van der Waals surface area contributed by atoms with Gasteiger partial charge in [0, 0.05) is 10.3 Å². The van der Waals surface area contributed by atoms with E-state index in [0.717, 1.165) is 17.0 Å². The van der Waals surface area contributed by atoms with Crippen LogP contribution in [0.5, 0.6) is 0 Å².